The second kappa shape index (κ2) is 8.41. The van der Waals surface area contributed by atoms with Gasteiger partial charge in [0.2, 0.25) is 0 Å². The van der Waals surface area contributed by atoms with Gasteiger partial charge < -0.3 is 4.74 Å². The van der Waals surface area contributed by atoms with Gasteiger partial charge in [-0.2, -0.15) is 0 Å². The predicted octanol–water partition coefficient (Wildman–Crippen LogP) is 7.04. The smallest absolute Gasteiger partial charge is 0.346 e. The number of halogens is 3. The zero-order valence-corrected chi connectivity index (χ0v) is 16.1. The van der Waals surface area contributed by atoms with Crippen molar-refractivity contribution in [3.05, 3.63) is 63.4 Å². The summed E-state index contributed by atoms with van der Waals surface area (Å²) in [7, 11) is 0. The summed E-state index contributed by atoms with van der Waals surface area (Å²) in [4.78, 5) is 12.3. The molecule has 0 amide bonds. The highest BCUT2D eigenvalue weighted by Crippen LogP contribution is 2.37. The summed E-state index contributed by atoms with van der Waals surface area (Å²) in [6.07, 6.45) is 5.73. The molecule has 0 N–H and O–H groups in total. The van der Waals surface area contributed by atoms with Gasteiger partial charge in [0.25, 0.3) is 0 Å². The molecule has 0 aliphatic heterocycles. The third-order valence-electron chi connectivity index (χ3n) is 5.21. The number of benzene rings is 2. The molecule has 0 spiro atoms. The first kappa shape index (κ1) is 19.2. The highest BCUT2D eigenvalue weighted by molar-refractivity contribution is 6.42. The van der Waals surface area contributed by atoms with Crippen LogP contribution in [-0.4, -0.2) is 5.97 Å². The van der Waals surface area contributed by atoms with Gasteiger partial charge in [0.15, 0.2) is 0 Å². The third-order valence-corrected chi connectivity index (χ3v) is 5.95. The first-order valence-electron chi connectivity index (χ1n) is 8.94. The van der Waals surface area contributed by atoms with Crippen LogP contribution in [0.15, 0.2) is 36.4 Å². The van der Waals surface area contributed by atoms with Crippen molar-refractivity contribution < 1.29 is 13.9 Å². The Hall–Kier alpha value is -1.58. The van der Waals surface area contributed by atoms with E-state index in [0.717, 1.165) is 24.3 Å². The highest BCUT2D eigenvalue weighted by atomic mass is 35.5. The Morgan fingerprint density at radius 1 is 1.08 bits per heavy atom. The molecule has 0 heterocycles. The standard InChI is InChI=1S/C21H21Cl2FO2/c1-2-13-3-5-14(6-4-13)15-7-9-17(20(24)11-15)21(25)26-16-8-10-18(22)19(23)12-16/h7-14H,2-6H2,1H3. The maximum absolute atomic E-state index is 14.5. The molecule has 5 heteroatoms. The van der Waals surface area contributed by atoms with Crippen molar-refractivity contribution in [3.8, 4) is 5.75 Å². The average molecular weight is 395 g/mol. The fourth-order valence-electron chi connectivity index (χ4n) is 3.56. The normalized spacial score (nSPS) is 20.0. The quantitative estimate of drug-likeness (QED) is 0.410. The van der Waals surface area contributed by atoms with Gasteiger partial charge >= 0.3 is 5.97 Å². The minimum Gasteiger partial charge on any atom is -0.423 e. The number of carbonyl (C=O) groups is 1. The van der Waals surface area contributed by atoms with E-state index in [9.17, 15) is 9.18 Å². The van der Waals surface area contributed by atoms with Crippen molar-refractivity contribution in [2.75, 3.05) is 0 Å². The lowest BCUT2D eigenvalue weighted by Gasteiger charge is -2.28. The van der Waals surface area contributed by atoms with Crippen LogP contribution in [0.2, 0.25) is 10.0 Å². The zero-order valence-electron chi connectivity index (χ0n) is 14.6. The van der Waals surface area contributed by atoms with Crippen LogP contribution in [0.1, 0.15) is 60.9 Å². The van der Waals surface area contributed by atoms with E-state index in [1.807, 2.05) is 6.07 Å². The maximum Gasteiger partial charge on any atom is 0.346 e. The second-order valence-corrected chi connectivity index (χ2v) is 7.65. The molecule has 1 aliphatic rings. The average Bonchev–Trinajstić information content (AvgIpc) is 2.64. The minimum atomic E-state index is -0.748. The molecule has 0 unspecified atom stereocenters. The number of rotatable bonds is 4. The topological polar surface area (TPSA) is 26.3 Å². The van der Waals surface area contributed by atoms with E-state index >= 15 is 0 Å². The zero-order chi connectivity index (χ0) is 18.7. The van der Waals surface area contributed by atoms with Gasteiger partial charge in [-0.1, -0.05) is 42.6 Å². The number of ether oxygens (including phenoxy) is 1. The van der Waals surface area contributed by atoms with Crippen LogP contribution < -0.4 is 4.74 Å². The third kappa shape index (κ3) is 4.39. The SMILES string of the molecule is CCC1CCC(c2ccc(C(=O)Oc3ccc(Cl)c(Cl)c3)c(F)c2)CC1. The van der Waals surface area contributed by atoms with Crippen LogP contribution in [0.4, 0.5) is 4.39 Å². The summed E-state index contributed by atoms with van der Waals surface area (Å²) >= 11 is 11.7. The molecule has 2 aromatic rings. The Balaban J connectivity index is 1.70. The molecule has 2 nitrogen and oxygen atoms in total. The van der Waals surface area contributed by atoms with E-state index in [2.05, 4.69) is 6.92 Å². The summed E-state index contributed by atoms with van der Waals surface area (Å²) in [6, 6.07) is 9.30. The van der Waals surface area contributed by atoms with Crippen molar-refractivity contribution in [1.82, 2.24) is 0 Å². The summed E-state index contributed by atoms with van der Waals surface area (Å²) in [5, 5.41) is 0.635. The van der Waals surface area contributed by atoms with Crippen molar-refractivity contribution in [1.29, 1.82) is 0 Å². The lowest BCUT2D eigenvalue weighted by atomic mass is 9.78. The Bertz CT molecular complexity index is 799. The molecule has 1 fully saturated rings. The summed E-state index contributed by atoms with van der Waals surface area (Å²) in [5.74, 6) is 0.0852. The van der Waals surface area contributed by atoms with Crippen molar-refractivity contribution in [2.24, 2.45) is 5.92 Å². The molecular weight excluding hydrogens is 374 g/mol. The van der Waals surface area contributed by atoms with E-state index in [0.29, 0.717) is 10.9 Å². The van der Waals surface area contributed by atoms with Crippen LogP contribution in [0.5, 0.6) is 5.75 Å². The Kier molecular flexibility index (Phi) is 6.20. The van der Waals surface area contributed by atoms with E-state index in [1.54, 1.807) is 0 Å². The molecule has 1 saturated carbocycles. The predicted molar refractivity (Wildman–Crippen MR) is 103 cm³/mol. The van der Waals surface area contributed by atoms with Gasteiger partial charge in [0.05, 0.1) is 15.6 Å². The van der Waals surface area contributed by atoms with Gasteiger partial charge in [-0.3, -0.25) is 0 Å². The second-order valence-electron chi connectivity index (χ2n) is 6.83. The maximum atomic E-state index is 14.5. The van der Waals surface area contributed by atoms with Gasteiger partial charge in [0, 0.05) is 6.07 Å². The van der Waals surface area contributed by atoms with E-state index in [4.69, 9.17) is 27.9 Å². The van der Waals surface area contributed by atoms with E-state index < -0.39 is 11.8 Å². The van der Waals surface area contributed by atoms with Gasteiger partial charge in [0.1, 0.15) is 11.6 Å². The molecule has 1 aliphatic carbocycles. The Morgan fingerprint density at radius 2 is 1.81 bits per heavy atom. The highest BCUT2D eigenvalue weighted by Gasteiger charge is 2.23. The van der Waals surface area contributed by atoms with Crippen LogP contribution in [0.25, 0.3) is 0 Å². The number of esters is 1. The minimum absolute atomic E-state index is 0.0814. The lowest BCUT2D eigenvalue weighted by molar-refractivity contribution is 0.0730. The Morgan fingerprint density at radius 3 is 2.42 bits per heavy atom. The summed E-state index contributed by atoms with van der Waals surface area (Å²) in [6.45, 7) is 2.22. The monoisotopic (exact) mass is 394 g/mol. The number of carbonyl (C=O) groups excluding carboxylic acids is 1. The number of hydrogen-bond acceptors (Lipinski definition) is 2. The molecule has 0 saturated heterocycles. The van der Waals surface area contributed by atoms with Gasteiger partial charge in [-0.25, -0.2) is 9.18 Å². The van der Waals surface area contributed by atoms with Gasteiger partial charge in [-0.05, 0) is 67.3 Å². The van der Waals surface area contributed by atoms with Gasteiger partial charge in [-0.15, -0.1) is 0 Å². The van der Waals surface area contributed by atoms with E-state index in [1.165, 1.54) is 49.6 Å². The molecule has 138 valence electrons. The first-order valence-corrected chi connectivity index (χ1v) is 9.70. The molecular formula is C21H21Cl2FO2. The largest absolute Gasteiger partial charge is 0.423 e. The fraction of sp³-hybridized carbons (Fsp3) is 0.381. The summed E-state index contributed by atoms with van der Waals surface area (Å²) in [5.41, 5.74) is 0.880. The first-order chi connectivity index (χ1) is 12.5. The van der Waals surface area contributed by atoms with Crippen LogP contribution in [-0.2, 0) is 0 Å². The van der Waals surface area contributed by atoms with Crippen molar-refractivity contribution in [2.45, 2.75) is 44.9 Å². The van der Waals surface area contributed by atoms with Crippen LogP contribution >= 0.6 is 23.2 Å². The lowest BCUT2D eigenvalue weighted by Crippen LogP contribution is -2.14. The molecule has 2 aromatic carbocycles. The molecule has 26 heavy (non-hydrogen) atoms. The molecule has 3 rings (SSSR count). The fourth-order valence-corrected chi connectivity index (χ4v) is 3.85. The van der Waals surface area contributed by atoms with Crippen LogP contribution in [0, 0.1) is 11.7 Å². The molecule has 0 radical (unpaired) electrons. The number of hydrogen-bond donors (Lipinski definition) is 0. The summed E-state index contributed by atoms with van der Waals surface area (Å²) < 4.78 is 19.7. The van der Waals surface area contributed by atoms with Crippen molar-refractivity contribution >= 4 is 29.2 Å². The van der Waals surface area contributed by atoms with Crippen molar-refractivity contribution in [3.63, 3.8) is 0 Å². The Labute approximate surface area is 163 Å². The van der Waals surface area contributed by atoms with E-state index in [-0.39, 0.29) is 16.3 Å². The molecule has 0 aromatic heterocycles. The molecule has 0 bridgehead atoms. The van der Waals surface area contributed by atoms with Crippen LogP contribution in [0.3, 0.4) is 0 Å². The molecule has 0 atom stereocenters.